The van der Waals surface area contributed by atoms with Crippen molar-refractivity contribution in [3.8, 4) is 17.2 Å². The van der Waals surface area contributed by atoms with E-state index in [1.807, 2.05) is 0 Å². The number of rotatable bonds is 7. The first-order valence-corrected chi connectivity index (χ1v) is 9.07. The molecule has 31 heavy (non-hydrogen) atoms. The Hall–Kier alpha value is -3.77. The molecule has 0 fully saturated rings. The normalized spacial score (nSPS) is 16.9. The van der Waals surface area contributed by atoms with Gasteiger partial charge in [0, 0.05) is 29.8 Å². The number of aliphatic hydroxyl groups excluding tert-OH is 2. The number of nitro benzene ring substituents is 1. The van der Waals surface area contributed by atoms with E-state index in [9.17, 15) is 25.1 Å². The lowest BCUT2D eigenvalue weighted by Crippen LogP contribution is -2.43. The van der Waals surface area contributed by atoms with E-state index in [1.165, 1.54) is 45.6 Å². The number of carbonyl (C=O) groups excluding carboxylic acids is 1. The number of methoxy groups -OCH3 is 3. The van der Waals surface area contributed by atoms with Crippen LogP contribution < -0.4 is 30.2 Å². The van der Waals surface area contributed by atoms with Crippen molar-refractivity contribution in [1.82, 2.24) is 5.32 Å². The zero-order chi connectivity index (χ0) is 22.7. The van der Waals surface area contributed by atoms with Crippen molar-refractivity contribution < 1.29 is 34.1 Å². The number of amides is 1. The van der Waals surface area contributed by atoms with E-state index < -0.39 is 23.3 Å². The number of aliphatic hydroxyl groups is 2. The molecule has 0 aromatic heterocycles. The summed E-state index contributed by atoms with van der Waals surface area (Å²) in [6, 6.07) is 5.44. The minimum absolute atomic E-state index is 0.100. The summed E-state index contributed by atoms with van der Waals surface area (Å²) in [7, 11) is 4.29. The number of fused-ring (bicyclic) bond motifs is 1. The zero-order valence-electron chi connectivity index (χ0n) is 17.0. The summed E-state index contributed by atoms with van der Waals surface area (Å²) < 4.78 is 15.7. The van der Waals surface area contributed by atoms with E-state index >= 15 is 0 Å². The smallest absolute Gasteiger partial charge is 0.271 e. The molecule has 0 radical (unpaired) electrons. The first-order valence-electron chi connectivity index (χ1n) is 9.07. The number of hydrogen-bond acceptors (Lipinski definition) is 10. The van der Waals surface area contributed by atoms with Gasteiger partial charge in [-0.05, 0) is 12.1 Å². The van der Waals surface area contributed by atoms with Gasteiger partial charge in [-0.3, -0.25) is 14.9 Å². The third-order valence-electron chi connectivity index (χ3n) is 4.68. The van der Waals surface area contributed by atoms with Crippen molar-refractivity contribution in [3.63, 3.8) is 0 Å². The van der Waals surface area contributed by atoms with Crippen LogP contribution in [0, 0.1) is 10.1 Å². The van der Waals surface area contributed by atoms with E-state index in [0.717, 1.165) is 0 Å². The first kappa shape index (κ1) is 21.9. The summed E-state index contributed by atoms with van der Waals surface area (Å²) in [5.74, 6) is 0.423. The Morgan fingerprint density at radius 2 is 1.68 bits per heavy atom. The van der Waals surface area contributed by atoms with Crippen LogP contribution in [-0.4, -0.2) is 54.8 Å². The molecule has 0 aliphatic carbocycles. The van der Waals surface area contributed by atoms with Gasteiger partial charge in [-0.2, -0.15) is 0 Å². The fourth-order valence-corrected chi connectivity index (χ4v) is 3.17. The van der Waals surface area contributed by atoms with Crippen molar-refractivity contribution in [2.45, 2.75) is 19.0 Å². The van der Waals surface area contributed by atoms with Gasteiger partial charge in [0.25, 0.3) is 11.6 Å². The number of benzene rings is 2. The second-order valence-corrected chi connectivity index (χ2v) is 6.56. The molecule has 3 rings (SSSR count). The van der Waals surface area contributed by atoms with Crippen LogP contribution in [0.25, 0.3) is 0 Å². The molecule has 0 saturated carbocycles. The van der Waals surface area contributed by atoms with Crippen molar-refractivity contribution in [2.24, 2.45) is 0 Å². The van der Waals surface area contributed by atoms with Crippen LogP contribution in [0.2, 0.25) is 0 Å². The summed E-state index contributed by atoms with van der Waals surface area (Å²) in [5, 5.41) is 38.8. The highest BCUT2D eigenvalue weighted by Gasteiger charge is 2.28. The molecule has 2 aromatic carbocycles. The molecular weight excluding hydrogens is 412 g/mol. The number of nitrogens with zero attached hydrogens (tertiary/aromatic N) is 1. The second-order valence-electron chi connectivity index (χ2n) is 6.56. The van der Waals surface area contributed by atoms with Gasteiger partial charge in [-0.1, -0.05) is 0 Å². The molecule has 12 heteroatoms. The lowest BCUT2D eigenvalue weighted by Gasteiger charge is -2.31. The number of carbonyl (C=O) groups is 1. The summed E-state index contributed by atoms with van der Waals surface area (Å²) >= 11 is 0. The fraction of sp³-hybridized carbons (Fsp3) is 0.316. The lowest BCUT2D eigenvalue weighted by atomic mass is 10.1. The van der Waals surface area contributed by atoms with Crippen LogP contribution in [0.15, 0.2) is 24.3 Å². The molecule has 1 aliphatic heterocycles. The van der Waals surface area contributed by atoms with Gasteiger partial charge in [0.1, 0.15) is 0 Å². The van der Waals surface area contributed by atoms with Gasteiger partial charge in [-0.25, -0.2) is 0 Å². The van der Waals surface area contributed by atoms with E-state index in [-0.39, 0.29) is 23.5 Å². The summed E-state index contributed by atoms with van der Waals surface area (Å²) in [5.41, 5.74) is 0.866. The third-order valence-corrected chi connectivity index (χ3v) is 4.68. The monoisotopic (exact) mass is 434 g/mol. The standard InChI is InChI=1S/C19H22N4O8/c1-29-13-5-9(6-14(30-2)16(13)31-3)17(24)20-8-10-4-11(23(27)28)7-12-15(10)22-19(26)18(25)21-12/h4-7,18-19,21-22,25-26H,8H2,1-3H3,(H,20,24). The highest BCUT2D eigenvalue weighted by Crippen LogP contribution is 2.38. The number of nitro groups is 1. The number of non-ortho nitro benzene ring substituents is 1. The third kappa shape index (κ3) is 4.39. The minimum atomic E-state index is -1.35. The summed E-state index contributed by atoms with van der Waals surface area (Å²) in [6.07, 6.45) is -2.69. The van der Waals surface area contributed by atoms with Crippen LogP contribution in [0.1, 0.15) is 15.9 Å². The first-order chi connectivity index (χ1) is 14.8. The lowest BCUT2D eigenvalue weighted by molar-refractivity contribution is -0.384. The van der Waals surface area contributed by atoms with Crippen LogP contribution in [0.4, 0.5) is 17.1 Å². The fourth-order valence-electron chi connectivity index (χ4n) is 3.17. The Morgan fingerprint density at radius 1 is 1.06 bits per heavy atom. The molecular formula is C19H22N4O8. The molecule has 2 unspecified atom stereocenters. The predicted octanol–water partition coefficient (Wildman–Crippen LogP) is 1.02. The Balaban J connectivity index is 1.89. The van der Waals surface area contributed by atoms with Crippen LogP contribution in [-0.2, 0) is 6.54 Å². The van der Waals surface area contributed by atoms with E-state index in [4.69, 9.17) is 14.2 Å². The number of anilines is 2. The average molecular weight is 434 g/mol. The number of ether oxygens (including phenoxy) is 3. The Labute approximate surface area is 176 Å². The van der Waals surface area contributed by atoms with Gasteiger partial charge in [-0.15, -0.1) is 0 Å². The highest BCUT2D eigenvalue weighted by atomic mass is 16.6. The van der Waals surface area contributed by atoms with Crippen molar-refractivity contribution in [3.05, 3.63) is 45.5 Å². The maximum atomic E-state index is 12.7. The average Bonchev–Trinajstić information content (AvgIpc) is 2.76. The molecule has 2 atom stereocenters. The van der Waals surface area contributed by atoms with Gasteiger partial charge >= 0.3 is 0 Å². The minimum Gasteiger partial charge on any atom is -0.493 e. The molecule has 166 valence electrons. The molecule has 1 amide bonds. The Kier molecular flexibility index (Phi) is 6.32. The molecule has 0 saturated heterocycles. The molecule has 1 heterocycles. The van der Waals surface area contributed by atoms with Crippen LogP contribution in [0.3, 0.4) is 0 Å². The van der Waals surface area contributed by atoms with Crippen molar-refractivity contribution in [2.75, 3.05) is 32.0 Å². The Bertz CT molecular complexity index is 988. The van der Waals surface area contributed by atoms with E-state index in [1.54, 1.807) is 0 Å². The maximum absolute atomic E-state index is 12.7. The second kappa shape index (κ2) is 8.93. The van der Waals surface area contributed by atoms with E-state index in [2.05, 4.69) is 16.0 Å². The predicted molar refractivity (Wildman–Crippen MR) is 110 cm³/mol. The van der Waals surface area contributed by atoms with Crippen molar-refractivity contribution >= 4 is 23.0 Å². The zero-order valence-corrected chi connectivity index (χ0v) is 17.0. The van der Waals surface area contributed by atoms with Crippen LogP contribution in [0.5, 0.6) is 17.2 Å². The Morgan fingerprint density at radius 3 is 2.23 bits per heavy atom. The van der Waals surface area contributed by atoms with Gasteiger partial charge < -0.3 is 40.4 Å². The molecule has 1 aliphatic rings. The largest absolute Gasteiger partial charge is 0.493 e. The van der Waals surface area contributed by atoms with Gasteiger partial charge in [0.2, 0.25) is 5.75 Å². The topological polar surface area (TPSA) is 164 Å². The molecule has 2 aromatic rings. The molecule has 0 spiro atoms. The number of hydrogen-bond donors (Lipinski definition) is 5. The van der Waals surface area contributed by atoms with Gasteiger partial charge in [0.15, 0.2) is 24.0 Å². The SMILES string of the molecule is COc1cc(C(=O)NCc2cc([N+](=O)[O-])cc3c2NC(O)C(O)N3)cc(OC)c1OC. The van der Waals surface area contributed by atoms with E-state index in [0.29, 0.717) is 28.5 Å². The molecule has 5 N–H and O–H groups in total. The molecule has 0 bridgehead atoms. The van der Waals surface area contributed by atoms with Gasteiger partial charge in [0.05, 0.1) is 37.6 Å². The quantitative estimate of drug-likeness (QED) is 0.314. The summed E-state index contributed by atoms with van der Waals surface area (Å²) in [4.78, 5) is 23.4. The molecule has 12 nitrogen and oxygen atoms in total. The maximum Gasteiger partial charge on any atom is 0.271 e. The van der Waals surface area contributed by atoms with Crippen molar-refractivity contribution in [1.29, 1.82) is 0 Å². The summed E-state index contributed by atoms with van der Waals surface area (Å²) in [6.45, 7) is -0.100. The number of nitrogens with one attached hydrogen (secondary N) is 3. The highest BCUT2D eigenvalue weighted by molar-refractivity contribution is 5.95. The van der Waals surface area contributed by atoms with Crippen LogP contribution >= 0.6 is 0 Å².